The smallest absolute Gasteiger partial charge is 0.255 e. The molecule has 2 aromatic rings. The first-order valence-corrected chi connectivity index (χ1v) is 8.83. The van der Waals surface area contributed by atoms with Crippen LogP contribution in [-0.4, -0.2) is 26.8 Å². The first kappa shape index (κ1) is 15.4. The molecule has 2 aliphatic rings. The number of nitrogens with zero attached hydrogens (tertiary/aromatic N) is 2. The highest BCUT2D eigenvalue weighted by molar-refractivity contribution is 7.71. The highest BCUT2D eigenvalue weighted by Gasteiger charge is 2.27. The van der Waals surface area contributed by atoms with Gasteiger partial charge in [0.05, 0.1) is 18.2 Å². The molecule has 0 aliphatic heterocycles. The van der Waals surface area contributed by atoms with Gasteiger partial charge in [0.2, 0.25) is 0 Å². The van der Waals surface area contributed by atoms with Gasteiger partial charge >= 0.3 is 0 Å². The summed E-state index contributed by atoms with van der Waals surface area (Å²) in [5, 5.41) is 9.98. The summed E-state index contributed by atoms with van der Waals surface area (Å²) in [4.78, 5) is 12.6. The van der Waals surface area contributed by atoms with E-state index in [1.165, 1.54) is 6.42 Å². The van der Waals surface area contributed by atoms with E-state index in [0.29, 0.717) is 28.7 Å². The standard InChI is InChI=1S/C17H20N4O2S/c22-16(13-6-1-2-7-14(13)23-12-4-3-5-12)18-10-15-19-20-17(24)21(15)11-8-9-11/h1-2,6-7,11-12H,3-5,8-10H2,(H,18,22)(H,20,24). The molecule has 1 aromatic carbocycles. The Morgan fingerprint density at radius 1 is 1.33 bits per heavy atom. The van der Waals surface area contributed by atoms with Crippen molar-refractivity contribution in [3.8, 4) is 5.75 Å². The number of hydrogen-bond acceptors (Lipinski definition) is 4. The Bertz CT molecular complexity index is 805. The number of carbonyl (C=O) groups is 1. The highest BCUT2D eigenvalue weighted by atomic mass is 32.1. The van der Waals surface area contributed by atoms with Crippen molar-refractivity contribution in [1.82, 2.24) is 20.1 Å². The number of H-pyrrole nitrogens is 1. The first-order chi connectivity index (χ1) is 11.7. The van der Waals surface area contributed by atoms with E-state index in [-0.39, 0.29) is 12.0 Å². The second kappa shape index (κ2) is 6.39. The van der Waals surface area contributed by atoms with Crippen molar-refractivity contribution in [1.29, 1.82) is 0 Å². The third-order valence-corrected chi connectivity index (χ3v) is 4.86. The Labute approximate surface area is 145 Å². The van der Waals surface area contributed by atoms with Gasteiger partial charge in [-0.05, 0) is 56.5 Å². The fraction of sp³-hybridized carbons (Fsp3) is 0.471. The largest absolute Gasteiger partial charge is 0.490 e. The van der Waals surface area contributed by atoms with Gasteiger partial charge < -0.3 is 10.1 Å². The van der Waals surface area contributed by atoms with Crippen LogP contribution in [0.3, 0.4) is 0 Å². The number of aromatic amines is 1. The van der Waals surface area contributed by atoms with Gasteiger partial charge in [0.25, 0.3) is 5.91 Å². The van der Waals surface area contributed by atoms with E-state index in [4.69, 9.17) is 17.0 Å². The predicted octanol–water partition coefficient (Wildman–Crippen LogP) is 3.14. The molecule has 2 fully saturated rings. The van der Waals surface area contributed by atoms with E-state index in [9.17, 15) is 4.79 Å². The van der Waals surface area contributed by atoms with Gasteiger partial charge in [0, 0.05) is 6.04 Å². The van der Waals surface area contributed by atoms with Gasteiger partial charge in [-0.25, -0.2) is 0 Å². The van der Waals surface area contributed by atoms with Crippen molar-refractivity contribution in [2.45, 2.75) is 50.8 Å². The van der Waals surface area contributed by atoms with Crippen LogP contribution in [0, 0.1) is 4.77 Å². The van der Waals surface area contributed by atoms with Gasteiger partial charge in [0.15, 0.2) is 10.6 Å². The third-order valence-electron chi connectivity index (χ3n) is 4.57. The Balaban J connectivity index is 1.46. The van der Waals surface area contributed by atoms with Crippen LogP contribution in [0.5, 0.6) is 5.75 Å². The number of ether oxygens (including phenoxy) is 1. The summed E-state index contributed by atoms with van der Waals surface area (Å²) in [6.45, 7) is 0.347. The van der Waals surface area contributed by atoms with Crippen molar-refractivity contribution in [3.05, 3.63) is 40.4 Å². The van der Waals surface area contributed by atoms with Gasteiger partial charge in [0.1, 0.15) is 5.75 Å². The second-order valence-electron chi connectivity index (χ2n) is 6.40. The molecule has 2 N–H and O–H groups in total. The zero-order valence-electron chi connectivity index (χ0n) is 13.3. The summed E-state index contributed by atoms with van der Waals surface area (Å²) in [5.41, 5.74) is 0.566. The quantitative estimate of drug-likeness (QED) is 0.790. The highest BCUT2D eigenvalue weighted by Crippen LogP contribution is 2.35. The lowest BCUT2D eigenvalue weighted by Gasteiger charge is -2.27. The molecule has 2 aliphatic carbocycles. The monoisotopic (exact) mass is 344 g/mol. The van der Waals surface area contributed by atoms with E-state index >= 15 is 0 Å². The van der Waals surface area contributed by atoms with Gasteiger partial charge in [-0.15, -0.1) is 0 Å². The molecule has 24 heavy (non-hydrogen) atoms. The number of aromatic nitrogens is 3. The summed E-state index contributed by atoms with van der Waals surface area (Å²) in [7, 11) is 0. The van der Waals surface area contributed by atoms with Crippen molar-refractivity contribution < 1.29 is 9.53 Å². The maximum absolute atomic E-state index is 12.6. The molecular weight excluding hydrogens is 324 g/mol. The van der Waals surface area contributed by atoms with E-state index in [2.05, 4.69) is 15.5 Å². The lowest BCUT2D eigenvalue weighted by molar-refractivity contribution is 0.0924. The normalized spacial score (nSPS) is 17.3. The fourth-order valence-electron chi connectivity index (χ4n) is 2.85. The molecule has 4 rings (SSSR count). The molecule has 0 spiro atoms. The molecule has 7 heteroatoms. The van der Waals surface area contributed by atoms with E-state index in [1.807, 2.05) is 22.8 Å². The minimum Gasteiger partial charge on any atom is -0.490 e. The topological polar surface area (TPSA) is 71.9 Å². The number of amides is 1. The van der Waals surface area contributed by atoms with E-state index in [1.54, 1.807) is 6.07 Å². The molecule has 126 valence electrons. The average Bonchev–Trinajstić information content (AvgIpc) is 3.32. The Kier molecular flexibility index (Phi) is 4.10. The summed E-state index contributed by atoms with van der Waals surface area (Å²) in [6, 6.07) is 7.82. The summed E-state index contributed by atoms with van der Waals surface area (Å²) in [6.07, 6.45) is 5.80. The molecule has 0 bridgehead atoms. The lowest BCUT2D eigenvalue weighted by atomic mass is 9.96. The van der Waals surface area contributed by atoms with E-state index in [0.717, 1.165) is 31.5 Å². The Hall–Kier alpha value is -2.15. The fourth-order valence-corrected chi connectivity index (χ4v) is 3.15. The molecule has 0 radical (unpaired) electrons. The average molecular weight is 344 g/mol. The van der Waals surface area contributed by atoms with Gasteiger partial charge in [-0.3, -0.25) is 14.5 Å². The Morgan fingerprint density at radius 3 is 2.83 bits per heavy atom. The first-order valence-electron chi connectivity index (χ1n) is 8.42. The second-order valence-corrected chi connectivity index (χ2v) is 6.78. The summed E-state index contributed by atoms with van der Waals surface area (Å²) < 4.78 is 8.55. The lowest BCUT2D eigenvalue weighted by Crippen LogP contribution is -2.28. The zero-order valence-corrected chi connectivity index (χ0v) is 14.1. The molecule has 0 saturated heterocycles. The molecule has 1 heterocycles. The number of carbonyl (C=O) groups excluding carboxylic acids is 1. The minimum absolute atomic E-state index is 0.152. The van der Waals surface area contributed by atoms with Crippen LogP contribution in [0.4, 0.5) is 0 Å². The third kappa shape index (κ3) is 3.08. The molecule has 0 unspecified atom stereocenters. The van der Waals surface area contributed by atoms with Crippen molar-refractivity contribution in [2.24, 2.45) is 0 Å². The van der Waals surface area contributed by atoms with Crippen molar-refractivity contribution >= 4 is 18.1 Å². The van der Waals surface area contributed by atoms with Gasteiger partial charge in [-0.1, -0.05) is 12.1 Å². The van der Waals surface area contributed by atoms with E-state index < -0.39 is 0 Å². The van der Waals surface area contributed by atoms with Crippen LogP contribution in [0.15, 0.2) is 24.3 Å². The van der Waals surface area contributed by atoms with Gasteiger partial charge in [-0.2, -0.15) is 5.10 Å². The number of para-hydroxylation sites is 1. The molecule has 0 atom stereocenters. The minimum atomic E-state index is -0.152. The van der Waals surface area contributed by atoms with Crippen molar-refractivity contribution in [3.63, 3.8) is 0 Å². The number of rotatable bonds is 6. The number of hydrogen-bond donors (Lipinski definition) is 2. The molecule has 1 aromatic heterocycles. The van der Waals surface area contributed by atoms with Crippen LogP contribution in [0.25, 0.3) is 0 Å². The van der Waals surface area contributed by atoms with Crippen LogP contribution in [0.1, 0.15) is 54.3 Å². The summed E-state index contributed by atoms with van der Waals surface area (Å²) >= 11 is 5.26. The summed E-state index contributed by atoms with van der Waals surface area (Å²) in [5.74, 6) is 1.27. The molecule has 1 amide bonds. The zero-order chi connectivity index (χ0) is 16.5. The Morgan fingerprint density at radius 2 is 2.12 bits per heavy atom. The number of benzene rings is 1. The predicted molar refractivity (Wildman–Crippen MR) is 91.6 cm³/mol. The number of nitrogens with one attached hydrogen (secondary N) is 2. The van der Waals surface area contributed by atoms with Crippen LogP contribution in [-0.2, 0) is 6.54 Å². The van der Waals surface area contributed by atoms with Crippen LogP contribution < -0.4 is 10.1 Å². The van der Waals surface area contributed by atoms with Crippen LogP contribution >= 0.6 is 12.2 Å². The van der Waals surface area contributed by atoms with Crippen molar-refractivity contribution in [2.75, 3.05) is 0 Å². The maximum Gasteiger partial charge on any atom is 0.255 e. The molecule has 2 saturated carbocycles. The SMILES string of the molecule is O=C(NCc1n[nH]c(=S)n1C1CC1)c1ccccc1OC1CCC1. The maximum atomic E-state index is 12.6. The molecular formula is C17H20N4O2S. The molecule has 6 nitrogen and oxygen atoms in total. The van der Waals surface area contributed by atoms with Crippen LogP contribution in [0.2, 0.25) is 0 Å².